The van der Waals surface area contributed by atoms with Crippen LogP contribution in [-0.4, -0.2) is 6.29 Å². The van der Waals surface area contributed by atoms with Crippen LogP contribution in [-0.2, 0) is 6.61 Å². The highest BCUT2D eigenvalue weighted by Crippen LogP contribution is 2.29. The van der Waals surface area contributed by atoms with Gasteiger partial charge in [-0.3, -0.25) is 4.79 Å². The van der Waals surface area contributed by atoms with Crippen molar-refractivity contribution in [1.29, 1.82) is 0 Å². The fourth-order valence-electron chi connectivity index (χ4n) is 1.57. The van der Waals surface area contributed by atoms with Gasteiger partial charge in [0.05, 0.1) is 10.0 Å². The molecular formula is C14H9BrF2O2. The molecule has 0 spiro atoms. The summed E-state index contributed by atoms with van der Waals surface area (Å²) in [5.41, 5.74) is 0.429. The van der Waals surface area contributed by atoms with Crippen molar-refractivity contribution >= 4 is 22.2 Å². The van der Waals surface area contributed by atoms with E-state index < -0.39 is 11.6 Å². The number of hydrogen-bond acceptors (Lipinski definition) is 2. The molecule has 2 aromatic carbocycles. The van der Waals surface area contributed by atoms with Crippen LogP contribution in [0.5, 0.6) is 5.75 Å². The van der Waals surface area contributed by atoms with Gasteiger partial charge < -0.3 is 4.74 Å². The highest BCUT2D eigenvalue weighted by atomic mass is 79.9. The van der Waals surface area contributed by atoms with Crippen LogP contribution in [0.2, 0.25) is 0 Å². The van der Waals surface area contributed by atoms with E-state index in [1.165, 1.54) is 0 Å². The molecule has 0 saturated heterocycles. The Morgan fingerprint density at radius 2 is 2.00 bits per heavy atom. The third-order valence-corrected chi connectivity index (χ3v) is 3.13. The second-order valence-electron chi connectivity index (χ2n) is 3.80. The molecule has 0 heterocycles. The van der Waals surface area contributed by atoms with E-state index in [-0.39, 0.29) is 12.2 Å². The minimum absolute atomic E-state index is 0.0904. The van der Waals surface area contributed by atoms with E-state index in [2.05, 4.69) is 15.9 Å². The Balaban J connectivity index is 2.23. The molecule has 0 aromatic heterocycles. The molecule has 0 N–H and O–H groups in total. The summed E-state index contributed by atoms with van der Waals surface area (Å²) >= 11 is 3.24. The molecule has 0 radical (unpaired) electrons. The topological polar surface area (TPSA) is 26.3 Å². The molecule has 0 amide bonds. The molecular weight excluding hydrogens is 318 g/mol. The predicted molar refractivity (Wildman–Crippen MR) is 70.2 cm³/mol. The first-order valence-electron chi connectivity index (χ1n) is 5.42. The number of ether oxygens (including phenoxy) is 1. The molecule has 5 heteroatoms. The Hall–Kier alpha value is -1.75. The van der Waals surface area contributed by atoms with E-state index in [1.807, 2.05) is 0 Å². The maximum atomic E-state index is 13.4. The van der Waals surface area contributed by atoms with Crippen molar-refractivity contribution in [2.75, 3.05) is 0 Å². The van der Waals surface area contributed by atoms with Crippen LogP contribution in [0.4, 0.5) is 8.78 Å². The smallest absolute Gasteiger partial charge is 0.153 e. The number of aldehydes is 1. The molecule has 0 atom stereocenters. The summed E-state index contributed by atoms with van der Waals surface area (Å²) in [6.45, 7) is -0.160. The van der Waals surface area contributed by atoms with Gasteiger partial charge in [0.25, 0.3) is 0 Å². The van der Waals surface area contributed by atoms with Gasteiger partial charge in [-0.05, 0) is 46.3 Å². The predicted octanol–water partition coefficient (Wildman–Crippen LogP) is 4.12. The lowest BCUT2D eigenvalue weighted by Crippen LogP contribution is -2.02. The minimum Gasteiger partial charge on any atom is -0.487 e. The molecule has 2 aromatic rings. The van der Waals surface area contributed by atoms with Crippen molar-refractivity contribution in [2.45, 2.75) is 6.61 Å². The second-order valence-corrected chi connectivity index (χ2v) is 4.65. The molecule has 0 aliphatic heterocycles. The van der Waals surface area contributed by atoms with Gasteiger partial charge in [0.2, 0.25) is 0 Å². The quantitative estimate of drug-likeness (QED) is 0.790. The van der Waals surface area contributed by atoms with Gasteiger partial charge in [-0.1, -0.05) is 6.07 Å². The number of para-hydroxylation sites is 1. The van der Waals surface area contributed by atoms with E-state index in [0.29, 0.717) is 22.1 Å². The van der Waals surface area contributed by atoms with Gasteiger partial charge in [0.1, 0.15) is 24.0 Å². The Bertz CT molecular complexity index is 614. The average molecular weight is 327 g/mol. The summed E-state index contributed by atoms with van der Waals surface area (Å²) < 4.78 is 32.4. The van der Waals surface area contributed by atoms with E-state index in [1.54, 1.807) is 18.2 Å². The van der Waals surface area contributed by atoms with Gasteiger partial charge in [-0.15, -0.1) is 0 Å². The molecule has 98 valence electrons. The summed E-state index contributed by atoms with van der Waals surface area (Å²) in [5, 5.41) is 0. The van der Waals surface area contributed by atoms with Gasteiger partial charge in [0.15, 0.2) is 6.29 Å². The number of benzene rings is 2. The van der Waals surface area contributed by atoms with Crippen LogP contribution >= 0.6 is 15.9 Å². The number of halogens is 3. The van der Waals surface area contributed by atoms with Crippen LogP contribution < -0.4 is 4.74 Å². The first-order valence-corrected chi connectivity index (χ1v) is 6.21. The lowest BCUT2D eigenvalue weighted by Gasteiger charge is -2.11. The van der Waals surface area contributed by atoms with Crippen molar-refractivity contribution < 1.29 is 18.3 Å². The molecule has 0 aliphatic carbocycles. The number of carbonyl (C=O) groups excluding carboxylic acids is 1. The van der Waals surface area contributed by atoms with Crippen molar-refractivity contribution in [1.82, 2.24) is 0 Å². The van der Waals surface area contributed by atoms with Gasteiger partial charge in [-0.25, -0.2) is 8.78 Å². The van der Waals surface area contributed by atoms with Crippen LogP contribution in [0.3, 0.4) is 0 Å². The first kappa shape index (κ1) is 13.7. The Kier molecular flexibility index (Phi) is 4.27. The summed E-state index contributed by atoms with van der Waals surface area (Å²) in [4.78, 5) is 10.9. The largest absolute Gasteiger partial charge is 0.487 e. The molecule has 19 heavy (non-hydrogen) atoms. The minimum atomic E-state index is -0.555. The zero-order chi connectivity index (χ0) is 13.8. The van der Waals surface area contributed by atoms with Crippen LogP contribution in [0.1, 0.15) is 15.9 Å². The van der Waals surface area contributed by atoms with Crippen molar-refractivity contribution in [3.8, 4) is 5.75 Å². The second kappa shape index (κ2) is 5.93. The third-order valence-electron chi connectivity index (χ3n) is 2.50. The summed E-state index contributed by atoms with van der Waals surface area (Å²) in [7, 11) is 0. The highest BCUT2D eigenvalue weighted by Gasteiger charge is 2.10. The van der Waals surface area contributed by atoms with E-state index >= 15 is 0 Å². The van der Waals surface area contributed by atoms with Crippen molar-refractivity contribution in [2.24, 2.45) is 0 Å². The average Bonchev–Trinajstić information content (AvgIpc) is 2.40. The number of rotatable bonds is 4. The number of hydrogen-bond donors (Lipinski definition) is 0. The number of carbonyl (C=O) groups is 1. The fourth-order valence-corrected chi connectivity index (χ4v) is 2.07. The summed E-state index contributed by atoms with van der Waals surface area (Å²) in [5.74, 6) is -0.787. The molecule has 0 unspecified atom stereocenters. The standard InChI is InChI=1S/C14H9BrF2O2/c15-12-3-1-2-9(7-18)14(12)19-8-10-6-11(16)4-5-13(10)17/h1-7H,8H2. The van der Waals surface area contributed by atoms with Crippen molar-refractivity contribution in [3.63, 3.8) is 0 Å². The van der Waals surface area contributed by atoms with E-state index in [9.17, 15) is 13.6 Å². The molecule has 0 bridgehead atoms. The Morgan fingerprint density at radius 3 is 2.74 bits per heavy atom. The maximum Gasteiger partial charge on any atom is 0.153 e. The molecule has 0 aliphatic rings. The molecule has 0 saturated carbocycles. The van der Waals surface area contributed by atoms with E-state index in [0.717, 1.165) is 18.2 Å². The molecule has 2 nitrogen and oxygen atoms in total. The summed E-state index contributed by atoms with van der Waals surface area (Å²) in [6, 6.07) is 8.10. The zero-order valence-corrected chi connectivity index (χ0v) is 11.3. The first-order chi connectivity index (χ1) is 9.11. The van der Waals surface area contributed by atoms with Gasteiger partial charge in [-0.2, -0.15) is 0 Å². The van der Waals surface area contributed by atoms with Gasteiger partial charge >= 0.3 is 0 Å². The van der Waals surface area contributed by atoms with Crippen LogP contribution in [0.15, 0.2) is 40.9 Å². The Labute approximate surface area is 117 Å². The highest BCUT2D eigenvalue weighted by molar-refractivity contribution is 9.10. The van der Waals surface area contributed by atoms with Crippen molar-refractivity contribution in [3.05, 3.63) is 63.6 Å². The lowest BCUT2D eigenvalue weighted by atomic mass is 10.2. The van der Waals surface area contributed by atoms with Gasteiger partial charge in [0, 0.05) is 5.56 Å². The fraction of sp³-hybridized carbons (Fsp3) is 0.0714. The van der Waals surface area contributed by atoms with Crippen LogP contribution in [0.25, 0.3) is 0 Å². The normalized spacial score (nSPS) is 10.3. The SMILES string of the molecule is O=Cc1cccc(Br)c1OCc1cc(F)ccc1F. The monoisotopic (exact) mass is 326 g/mol. The zero-order valence-electron chi connectivity index (χ0n) is 9.70. The third kappa shape index (κ3) is 3.17. The summed E-state index contributed by atoms with van der Waals surface area (Å²) in [6.07, 6.45) is 0.641. The Morgan fingerprint density at radius 1 is 1.21 bits per heavy atom. The lowest BCUT2D eigenvalue weighted by molar-refractivity contribution is 0.111. The maximum absolute atomic E-state index is 13.4. The molecule has 2 rings (SSSR count). The molecule has 0 fully saturated rings. The van der Waals surface area contributed by atoms with E-state index in [4.69, 9.17) is 4.74 Å². The van der Waals surface area contributed by atoms with Crippen LogP contribution in [0, 0.1) is 11.6 Å².